The van der Waals surface area contributed by atoms with Gasteiger partial charge in [-0.1, -0.05) is 11.8 Å². The van der Waals surface area contributed by atoms with E-state index in [0.29, 0.717) is 6.67 Å². The summed E-state index contributed by atoms with van der Waals surface area (Å²) in [6, 6.07) is 0. The normalized spacial score (nSPS) is 19.3. The van der Waals surface area contributed by atoms with E-state index in [2.05, 4.69) is 9.98 Å². The van der Waals surface area contributed by atoms with Gasteiger partial charge in [0.1, 0.15) is 6.67 Å². The van der Waals surface area contributed by atoms with Crippen molar-refractivity contribution < 1.29 is 0 Å². The predicted octanol–water partition coefficient (Wildman–Crippen LogP) is 1.14. The summed E-state index contributed by atoms with van der Waals surface area (Å²) in [6.45, 7) is 2.61. The molecule has 0 aromatic rings. The minimum atomic E-state index is 0.624. The third-order valence-electron chi connectivity index (χ3n) is 0.673. The number of thioether (sulfide) groups is 1. The lowest BCUT2D eigenvalue weighted by Gasteiger charge is -1.96. The summed E-state index contributed by atoms with van der Waals surface area (Å²) >= 11 is 1.58. The highest BCUT2D eigenvalue weighted by Gasteiger charge is 1.90. The number of rotatable bonds is 0. The van der Waals surface area contributed by atoms with Gasteiger partial charge in [0.2, 0.25) is 0 Å². The molecule has 0 aromatic heterocycles. The van der Waals surface area contributed by atoms with Gasteiger partial charge in [-0.15, -0.1) is 0 Å². The SMILES string of the molecule is CC1=NCN=CS1. The second-order valence-corrected chi connectivity index (χ2v) is 2.26. The first kappa shape index (κ1) is 4.84. The first-order valence-electron chi connectivity index (χ1n) is 2.05. The Bertz CT molecular complexity index is 117. The van der Waals surface area contributed by atoms with Gasteiger partial charge in [0.05, 0.1) is 10.6 Å². The van der Waals surface area contributed by atoms with Crippen LogP contribution < -0.4 is 0 Å². The largest absolute Gasteiger partial charge is 0.263 e. The lowest BCUT2D eigenvalue weighted by molar-refractivity contribution is 1.08. The van der Waals surface area contributed by atoms with Gasteiger partial charge in [-0.2, -0.15) is 0 Å². The van der Waals surface area contributed by atoms with E-state index in [1.165, 1.54) is 0 Å². The van der Waals surface area contributed by atoms with Crippen LogP contribution in [0.5, 0.6) is 0 Å². The van der Waals surface area contributed by atoms with Crippen LogP contribution in [0.2, 0.25) is 0 Å². The third kappa shape index (κ3) is 1.31. The number of hydrogen-bond donors (Lipinski definition) is 0. The topological polar surface area (TPSA) is 24.7 Å². The molecule has 7 heavy (non-hydrogen) atoms. The Morgan fingerprint density at radius 1 is 1.86 bits per heavy atom. The van der Waals surface area contributed by atoms with Crippen LogP contribution in [0.25, 0.3) is 0 Å². The summed E-state index contributed by atoms with van der Waals surface area (Å²) in [6.07, 6.45) is 0. The fourth-order valence-corrected chi connectivity index (χ4v) is 0.751. The van der Waals surface area contributed by atoms with Crippen LogP contribution in [0.3, 0.4) is 0 Å². The Balaban J connectivity index is 2.50. The molecule has 0 saturated heterocycles. The predicted molar refractivity (Wildman–Crippen MR) is 34.1 cm³/mol. The maximum Gasteiger partial charge on any atom is 0.130 e. The highest BCUT2D eigenvalue weighted by atomic mass is 32.2. The van der Waals surface area contributed by atoms with Crippen molar-refractivity contribution in [2.45, 2.75) is 6.92 Å². The molecule has 0 unspecified atom stereocenters. The Morgan fingerprint density at radius 2 is 2.71 bits per heavy atom. The van der Waals surface area contributed by atoms with Crippen molar-refractivity contribution in [3.05, 3.63) is 0 Å². The highest BCUT2D eigenvalue weighted by Crippen LogP contribution is 2.02. The van der Waals surface area contributed by atoms with Crippen LogP contribution in [0.4, 0.5) is 0 Å². The monoisotopic (exact) mass is 114 g/mol. The molecule has 1 rings (SSSR count). The second kappa shape index (κ2) is 2.12. The van der Waals surface area contributed by atoms with Crippen molar-refractivity contribution in [2.75, 3.05) is 6.67 Å². The smallest absolute Gasteiger partial charge is 0.130 e. The minimum absolute atomic E-state index is 0.624. The van der Waals surface area contributed by atoms with Crippen LogP contribution in [-0.2, 0) is 0 Å². The van der Waals surface area contributed by atoms with Crippen molar-refractivity contribution in [1.29, 1.82) is 0 Å². The fourth-order valence-electron chi connectivity index (χ4n) is 0.325. The van der Waals surface area contributed by atoms with Gasteiger partial charge in [0.15, 0.2) is 0 Å². The summed E-state index contributed by atoms with van der Waals surface area (Å²) in [5.41, 5.74) is 1.82. The van der Waals surface area contributed by atoms with Crippen molar-refractivity contribution in [3.8, 4) is 0 Å². The zero-order valence-corrected chi connectivity index (χ0v) is 4.90. The molecule has 0 amide bonds. The minimum Gasteiger partial charge on any atom is -0.263 e. The summed E-state index contributed by atoms with van der Waals surface area (Å²) in [7, 11) is 0. The van der Waals surface area contributed by atoms with Crippen LogP contribution >= 0.6 is 11.8 Å². The van der Waals surface area contributed by atoms with Gasteiger partial charge in [-0.05, 0) is 6.92 Å². The molecule has 0 spiro atoms. The maximum atomic E-state index is 4.01. The molecule has 1 heterocycles. The van der Waals surface area contributed by atoms with Crippen molar-refractivity contribution in [3.63, 3.8) is 0 Å². The van der Waals surface area contributed by atoms with Gasteiger partial charge in [-0.25, -0.2) is 0 Å². The van der Waals surface area contributed by atoms with Gasteiger partial charge >= 0.3 is 0 Å². The van der Waals surface area contributed by atoms with E-state index in [4.69, 9.17) is 0 Å². The molecule has 1 aliphatic heterocycles. The molecule has 0 atom stereocenters. The second-order valence-electron chi connectivity index (χ2n) is 1.22. The first-order valence-corrected chi connectivity index (χ1v) is 2.93. The van der Waals surface area contributed by atoms with Gasteiger partial charge in [-0.3, -0.25) is 9.98 Å². The molecule has 3 heteroatoms. The number of aliphatic imine (C=N–C) groups is 2. The van der Waals surface area contributed by atoms with E-state index in [-0.39, 0.29) is 0 Å². The standard InChI is InChI=1S/C4H6N2S/c1-4-6-2-5-3-7-4/h3H,2H2,1H3. The van der Waals surface area contributed by atoms with Gasteiger partial charge < -0.3 is 0 Å². The Kier molecular flexibility index (Phi) is 1.46. The summed E-state index contributed by atoms with van der Waals surface area (Å²) in [5.74, 6) is 0. The van der Waals surface area contributed by atoms with Crippen molar-refractivity contribution in [2.24, 2.45) is 9.98 Å². The molecule has 0 aromatic carbocycles. The van der Waals surface area contributed by atoms with Crippen LogP contribution in [-0.4, -0.2) is 17.3 Å². The van der Waals surface area contributed by atoms with E-state index >= 15 is 0 Å². The van der Waals surface area contributed by atoms with E-state index in [9.17, 15) is 0 Å². The summed E-state index contributed by atoms with van der Waals surface area (Å²) in [4.78, 5) is 7.89. The fraction of sp³-hybridized carbons (Fsp3) is 0.500. The van der Waals surface area contributed by atoms with E-state index in [1.54, 1.807) is 11.8 Å². The van der Waals surface area contributed by atoms with E-state index in [1.807, 2.05) is 12.5 Å². The lowest BCUT2D eigenvalue weighted by Crippen LogP contribution is -1.90. The van der Waals surface area contributed by atoms with Crippen molar-refractivity contribution in [1.82, 2.24) is 0 Å². The summed E-state index contributed by atoms with van der Waals surface area (Å²) < 4.78 is 0. The lowest BCUT2D eigenvalue weighted by atomic mass is 10.8. The van der Waals surface area contributed by atoms with Crippen LogP contribution in [0.1, 0.15) is 6.92 Å². The molecule has 1 aliphatic rings. The molecule has 0 radical (unpaired) electrons. The van der Waals surface area contributed by atoms with Crippen LogP contribution in [0.15, 0.2) is 9.98 Å². The van der Waals surface area contributed by atoms with E-state index in [0.717, 1.165) is 5.04 Å². The quantitative estimate of drug-likeness (QED) is 0.463. The van der Waals surface area contributed by atoms with Crippen LogP contribution in [0, 0.1) is 0 Å². The van der Waals surface area contributed by atoms with Gasteiger partial charge in [0, 0.05) is 0 Å². The highest BCUT2D eigenvalue weighted by molar-refractivity contribution is 8.25. The molecule has 0 bridgehead atoms. The molecule has 0 saturated carbocycles. The molecular formula is C4H6N2S. The van der Waals surface area contributed by atoms with Gasteiger partial charge in [0.25, 0.3) is 0 Å². The molecular weight excluding hydrogens is 108 g/mol. The first-order chi connectivity index (χ1) is 3.39. The molecule has 0 fully saturated rings. The summed E-state index contributed by atoms with van der Waals surface area (Å²) in [5, 5.41) is 1.11. The Hall–Kier alpha value is -0.310. The molecule has 0 N–H and O–H groups in total. The van der Waals surface area contributed by atoms with Crippen molar-refractivity contribution >= 4 is 22.4 Å². The molecule has 0 aliphatic carbocycles. The maximum absolute atomic E-state index is 4.01. The number of hydrogen-bond acceptors (Lipinski definition) is 3. The number of nitrogens with zero attached hydrogens (tertiary/aromatic N) is 2. The molecule has 38 valence electrons. The zero-order chi connectivity index (χ0) is 5.11. The Morgan fingerprint density at radius 3 is 3.00 bits per heavy atom. The average Bonchev–Trinajstić information content (AvgIpc) is 1.69. The van der Waals surface area contributed by atoms with E-state index < -0.39 is 0 Å². The molecule has 2 nitrogen and oxygen atoms in total. The third-order valence-corrected chi connectivity index (χ3v) is 1.40. The Labute approximate surface area is 46.7 Å². The zero-order valence-electron chi connectivity index (χ0n) is 4.09. The average molecular weight is 114 g/mol.